The van der Waals surface area contributed by atoms with Gasteiger partial charge in [0.1, 0.15) is 5.82 Å². The van der Waals surface area contributed by atoms with E-state index in [1.807, 2.05) is 0 Å². The van der Waals surface area contributed by atoms with Gasteiger partial charge in [0.05, 0.1) is 38.3 Å². The molecule has 1 N–H and O–H groups in total. The summed E-state index contributed by atoms with van der Waals surface area (Å²) in [7, 11) is 4.17. The van der Waals surface area contributed by atoms with E-state index in [-0.39, 0.29) is 22.8 Å². The van der Waals surface area contributed by atoms with E-state index in [0.717, 1.165) is 30.5 Å². The molecule has 1 aromatic heterocycles. The normalized spacial score (nSPS) is 12.6. The number of hydrogen-bond donors (Lipinski definition) is 1. The van der Waals surface area contributed by atoms with Gasteiger partial charge in [-0.05, 0) is 49.9 Å². The van der Waals surface area contributed by atoms with Crippen LogP contribution in [0.4, 0.5) is 10.1 Å². The molecule has 0 saturated heterocycles. The van der Waals surface area contributed by atoms with Gasteiger partial charge < -0.3 is 19.5 Å². The molecule has 4 rings (SSSR count). The molecule has 8 nitrogen and oxygen atoms in total. The number of anilines is 1. The summed E-state index contributed by atoms with van der Waals surface area (Å²) in [6.45, 7) is 0. The zero-order chi connectivity index (χ0) is 23.5. The van der Waals surface area contributed by atoms with E-state index in [1.54, 1.807) is 16.8 Å². The average molecular weight is 453 g/mol. The lowest BCUT2D eigenvalue weighted by Crippen LogP contribution is -2.18. The second-order valence-electron chi connectivity index (χ2n) is 7.57. The van der Waals surface area contributed by atoms with E-state index in [4.69, 9.17) is 14.2 Å². The standard InChI is InChI=1S/C24H24FN3O5/c1-31-20-12-17(24(30)33-3)18(13-21(20)32-2)26-23(29)22-16-6-4-5-7-19(16)28(27-22)15-10-8-14(25)9-11-15/h8-13H,4-7H2,1-3H3,(H,26,29). The van der Waals surface area contributed by atoms with Crippen molar-refractivity contribution in [3.63, 3.8) is 0 Å². The minimum Gasteiger partial charge on any atom is -0.493 e. The van der Waals surface area contributed by atoms with Crippen LogP contribution in [0.5, 0.6) is 11.5 Å². The van der Waals surface area contributed by atoms with Crippen molar-refractivity contribution in [3.8, 4) is 17.2 Å². The molecule has 33 heavy (non-hydrogen) atoms. The lowest BCUT2D eigenvalue weighted by molar-refractivity contribution is 0.0601. The Bertz CT molecular complexity index is 1200. The first kappa shape index (κ1) is 22.3. The summed E-state index contributed by atoms with van der Waals surface area (Å²) in [6.07, 6.45) is 3.38. The molecular weight excluding hydrogens is 429 g/mol. The average Bonchev–Trinajstić information content (AvgIpc) is 3.23. The van der Waals surface area contributed by atoms with Crippen molar-refractivity contribution in [3.05, 3.63) is 64.7 Å². The maximum absolute atomic E-state index is 13.4. The van der Waals surface area contributed by atoms with Crippen molar-refractivity contribution in [2.75, 3.05) is 26.6 Å². The Balaban J connectivity index is 1.75. The van der Waals surface area contributed by atoms with E-state index in [9.17, 15) is 14.0 Å². The maximum atomic E-state index is 13.4. The van der Waals surface area contributed by atoms with Gasteiger partial charge in [-0.15, -0.1) is 0 Å². The number of fused-ring (bicyclic) bond motifs is 1. The third-order valence-corrected chi connectivity index (χ3v) is 5.64. The molecule has 0 radical (unpaired) electrons. The van der Waals surface area contributed by atoms with Crippen LogP contribution in [0.2, 0.25) is 0 Å². The summed E-state index contributed by atoms with van der Waals surface area (Å²) in [6, 6.07) is 8.93. The molecule has 0 bridgehead atoms. The van der Waals surface area contributed by atoms with Crippen molar-refractivity contribution in [1.82, 2.24) is 9.78 Å². The van der Waals surface area contributed by atoms with E-state index in [1.165, 1.54) is 45.6 Å². The molecule has 9 heteroatoms. The van der Waals surface area contributed by atoms with Crippen LogP contribution in [0.15, 0.2) is 36.4 Å². The molecule has 2 aromatic carbocycles. The largest absolute Gasteiger partial charge is 0.493 e. The minimum absolute atomic E-state index is 0.121. The highest BCUT2D eigenvalue weighted by atomic mass is 19.1. The van der Waals surface area contributed by atoms with Crippen LogP contribution >= 0.6 is 0 Å². The van der Waals surface area contributed by atoms with Crippen LogP contribution in [0, 0.1) is 5.82 Å². The van der Waals surface area contributed by atoms with Gasteiger partial charge in [0.2, 0.25) is 0 Å². The SMILES string of the molecule is COC(=O)c1cc(OC)c(OC)cc1NC(=O)c1nn(-c2ccc(F)cc2)c2c1CCCC2. The first-order valence-corrected chi connectivity index (χ1v) is 10.5. The van der Waals surface area contributed by atoms with Gasteiger partial charge in [-0.3, -0.25) is 4.79 Å². The van der Waals surface area contributed by atoms with Crippen molar-refractivity contribution in [1.29, 1.82) is 0 Å². The van der Waals surface area contributed by atoms with Crippen LogP contribution in [0.3, 0.4) is 0 Å². The fraction of sp³-hybridized carbons (Fsp3) is 0.292. The van der Waals surface area contributed by atoms with Crippen molar-refractivity contribution < 1.29 is 28.2 Å². The Labute approximate surface area is 190 Å². The zero-order valence-corrected chi connectivity index (χ0v) is 18.6. The van der Waals surface area contributed by atoms with Crippen LogP contribution in [-0.4, -0.2) is 43.0 Å². The number of esters is 1. The number of nitrogens with one attached hydrogen (secondary N) is 1. The number of methoxy groups -OCH3 is 3. The second kappa shape index (κ2) is 9.32. The number of benzene rings is 2. The fourth-order valence-electron chi connectivity index (χ4n) is 4.02. The third kappa shape index (κ3) is 4.26. The van der Waals surface area contributed by atoms with Crippen LogP contribution in [0.25, 0.3) is 5.69 Å². The summed E-state index contributed by atoms with van der Waals surface area (Å²) in [5, 5.41) is 7.35. The Morgan fingerprint density at radius 1 is 1.00 bits per heavy atom. The molecule has 0 fully saturated rings. The maximum Gasteiger partial charge on any atom is 0.340 e. The number of carbonyl (C=O) groups is 2. The number of rotatable bonds is 6. The summed E-state index contributed by atoms with van der Waals surface area (Å²) in [5.41, 5.74) is 3.05. The van der Waals surface area contributed by atoms with Crippen LogP contribution in [0.1, 0.15) is 44.9 Å². The number of ether oxygens (including phenoxy) is 3. The molecule has 0 aliphatic heterocycles. The smallest absolute Gasteiger partial charge is 0.340 e. The Hall–Kier alpha value is -3.88. The summed E-state index contributed by atoms with van der Waals surface area (Å²) in [4.78, 5) is 25.7. The number of halogens is 1. The lowest BCUT2D eigenvalue weighted by atomic mass is 9.95. The zero-order valence-electron chi connectivity index (χ0n) is 18.6. The number of aromatic nitrogens is 2. The molecule has 0 unspecified atom stereocenters. The highest BCUT2D eigenvalue weighted by Crippen LogP contribution is 2.34. The first-order chi connectivity index (χ1) is 16.0. The van der Waals surface area contributed by atoms with Gasteiger partial charge in [0.15, 0.2) is 17.2 Å². The summed E-state index contributed by atoms with van der Waals surface area (Å²) < 4.78 is 30.5. The molecular formula is C24H24FN3O5. The van der Waals surface area contributed by atoms with Gasteiger partial charge in [-0.1, -0.05) is 0 Å². The molecule has 3 aromatic rings. The second-order valence-corrected chi connectivity index (χ2v) is 7.57. The molecule has 1 aliphatic rings. The lowest BCUT2D eigenvalue weighted by Gasteiger charge is -2.15. The summed E-state index contributed by atoms with van der Waals surface area (Å²) in [5.74, 6) is -0.772. The molecule has 1 heterocycles. The fourth-order valence-corrected chi connectivity index (χ4v) is 4.02. The molecule has 1 aliphatic carbocycles. The first-order valence-electron chi connectivity index (χ1n) is 10.5. The molecule has 0 saturated carbocycles. The summed E-state index contributed by atoms with van der Waals surface area (Å²) >= 11 is 0. The van der Waals surface area contributed by atoms with E-state index in [2.05, 4.69) is 10.4 Å². The number of hydrogen-bond acceptors (Lipinski definition) is 6. The van der Waals surface area contributed by atoms with Crippen LogP contribution in [-0.2, 0) is 17.6 Å². The highest BCUT2D eigenvalue weighted by molar-refractivity contribution is 6.08. The van der Waals surface area contributed by atoms with E-state index < -0.39 is 11.9 Å². The van der Waals surface area contributed by atoms with E-state index in [0.29, 0.717) is 23.6 Å². The molecule has 0 atom stereocenters. The predicted molar refractivity (Wildman–Crippen MR) is 119 cm³/mol. The Morgan fingerprint density at radius 3 is 2.33 bits per heavy atom. The van der Waals surface area contributed by atoms with Crippen molar-refractivity contribution in [2.45, 2.75) is 25.7 Å². The van der Waals surface area contributed by atoms with Gasteiger partial charge in [-0.25, -0.2) is 13.9 Å². The number of carbonyl (C=O) groups excluding carboxylic acids is 2. The monoisotopic (exact) mass is 453 g/mol. The molecule has 172 valence electrons. The predicted octanol–water partition coefficient (Wildman–Crippen LogP) is 3.95. The molecule has 0 spiro atoms. The molecule has 1 amide bonds. The van der Waals surface area contributed by atoms with Crippen molar-refractivity contribution in [2.24, 2.45) is 0 Å². The quantitative estimate of drug-likeness (QED) is 0.569. The van der Waals surface area contributed by atoms with Gasteiger partial charge in [-0.2, -0.15) is 5.10 Å². The topological polar surface area (TPSA) is 91.7 Å². The van der Waals surface area contributed by atoms with Gasteiger partial charge >= 0.3 is 5.97 Å². The van der Waals surface area contributed by atoms with Crippen molar-refractivity contribution >= 4 is 17.6 Å². The Kier molecular flexibility index (Phi) is 6.30. The number of amides is 1. The number of nitrogens with zero attached hydrogens (tertiary/aromatic N) is 2. The Morgan fingerprint density at radius 2 is 1.67 bits per heavy atom. The third-order valence-electron chi connectivity index (χ3n) is 5.64. The van der Waals surface area contributed by atoms with Gasteiger partial charge in [0.25, 0.3) is 5.91 Å². The van der Waals surface area contributed by atoms with Gasteiger partial charge in [0, 0.05) is 23.4 Å². The van der Waals surface area contributed by atoms with Crippen LogP contribution < -0.4 is 14.8 Å². The minimum atomic E-state index is -0.634. The van der Waals surface area contributed by atoms with E-state index >= 15 is 0 Å². The highest BCUT2D eigenvalue weighted by Gasteiger charge is 2.27.